The van der Waals surface area contributed by atoms with Crippen LogP contribution in [-0.4, -0.2) is 67.9 Å². The van der Waals surface area contributed by atoms with Crippen LogP contribution in [0.5, 0.6) is 0 Å². The molecule has 0 bridgehead atoms. The molecule has 7 nitrogen and oxygen atoms in total. The number of halogens is 3. The van der Waals surface area contributed by atoms with Crippen LogP contribution in [0.4, 0.5) is 13.2 Å². The lowest BCUT2D eigenvalue weighted by Crippen LogP contribution is -2.40. The third kappa shape index (κ3) is 5.39. The molecule has 0 radical (unpaired) electrons. The Hall–Kier alpha value is -2.40. The van der Waals surface area contributed by atoms with Crippen molar-refractivity contribution in [2.24, 2.45) is 7.05 Å². The van der Waals surface area contributed by atoms with Crippen molar-refractivity contribution < 1.29 is 27.9 Å². The highest BCUT2D eigenvalue weighted by Gasteiger charge is 2.44. The smallest absolute Gasteiger partial charge is 0.475 e. The molecule has 2 atom stereocenters. The molecule has 2 fully saturated rings. The fourth-order valence-corrected chi connectivity index (χ4v) is 4.73. The molecule has 30 heavy (non-hydrogen) atoms. The van der Waals surface area contributed by atoms with Crippen LogP contribution in [0.1, 0.15) is 23.3 Å². The highest BCUT2D eigenvalue weighted by atomic mass is 32.1. The minimum atomic E-state index is -5.08. The second-order valence-electron chi connectivity index (χ2n) is 7.35. The van der Waals surface area contributed by atoms with Crippen LogP contribution in [-0.2, 0) is 29.6 Å². The number of aliphatic carboxylic acids is 1. The zero-order valence-electron chi connectivity index (χ0n) is 16.4. The number of thiophene rings is 1. The molecule has 1 amide bonds. The number of hydrogen-bond donors (Lipinski definition) is 1. The Balaban J connectivity index is 0.000000318. The van der Waals surface area contributed by atoms with Crippen LogP contribution in [0.25, 0.3) is 0 Å². The van der Waals surface area contributed by atoms with Gasteiger partial charge in [-0.1, -0.05) is 6.07 Å². The van der Waals surface area contributed by atoms with Crippen LogP contribution in [0, 0.1) is 0 Å². The number of fused-ring (bicyclic) bond motifs is 1. The van der Waals surface area contributed by atoms with E-state index in [4.69, 9.17) is 9.90 Å². The summed E-state index contributed by atoms with van der Waals surface area (Å²) in [7, 11) is 1.96. The van der Waals surface area contributed by atoms with Gasteiger partial charge in [0.15, 0.2) is 0 Å². The van der Waals surface area contributed by atoms with E-state index in [1.54, 1.807) is 11.3 Å². The molecule has 0 spiro atoms. The van der Waals surface area contributed by atoms with Crippen molar-refractivity contribution in [1.29, 1.82) is 0 Å². The van der Waals surface area contributed by atoms with E-state index in [1.165, 1.54) is 10.4 Å². The third-order valence-corrected chi connectivity index (χ3v) is 6.18. The predicted molar refractivity (Wildman–Crippen MR) is 104 cm³/mol. The second-order valence-corrected chi connectivity index (χ2v) is 8.38. The number of aryl methyl sites for hydroxylation is 1. The molecule has 0 aliphatic carbocycles. The number of carbonyl (C=O) groups is 2. The topological polar surface area (TPSA) is 78.7 Å². The summed E-state index contributed by atoms with van der Waals surface area (Å²) in [5, 5.41) is 13.4. The maximum Gasteiger partial charge on any atom is 0.490 e. The summed E-state index contributed by atoms with van der Waals surface area (Å²) in [5.41, 5.74) is 1.26. The van der Waals surface area contributed by atoms with Crippen molar-refractivity contribution in [2.45, 2.75) is 44.1 Å². The summed E-state index contributed by atoms with van der Waals surface area (Å²) >= 11 is 1.67. The minimum Gasteiger partial charge on any atom is -0.475 e. The number of amides is 1. The molecule has 0 unspecified atom stereocenters. The molecule has 0 aromatic carbocycles. The van der Waals surface area contributed by atoms with Crippen molar-refractivity contribution in [1.82, 2.24) is 19.6 Å². The van der Waals surface area contributed by atoms with Gasteiger partial charge in [0.2, 0.25) is 5.91 Å². The number of rotatable bonds is 4. The van der Waals surface area contributed by atoms with E-state index in [1.807, 2.05) is 29.4 Å². The number of alkyl halides is 3. The van der Waals surface area contributed by atoms with Gasteiger partial charge in [0, 0.05) is 55.4 Å². The number of hydrogen-bond acceptors (Lipinski definition) is 5. The van der Waals surface area contributed by atoms with Crippen molar-refractivity contribution in [3.05, 3.63) is 40.3 Å². The van der Waals surface area contributed by atoms with Gasteiger partial charge in [-0.25, -0.2) is 4.79 Å². The van der Waals surface area contributed by atoms with Gasteiger partial charge in [0.05, 0.1) is 12.6 Å². The van der Waals surface area contributed by atoms with Gasteiger partial charge in [0.25, 0.3) is 0 Å². The number of likely N-dealkylation sites (tertiary alicyclic amines) is 2. The van der Waals surface area contributed by atoms with E-state index < -0.39 is 12.1 Å². The summed E-state index contributed by atoms with van der Waals surface area (Å²) in [6.07, 6.45) is 1.70. The maximum absolute atomic E-state index is 12.6. The SMILES string of the molecule is Cn1cc(CN2CC[C@@H]3[C@@H]2CCN3C(=O)Cc2cccs2)cn1.O=C(O)C(F)(F)F. The molecule has 0 saturated carbocycles. The van der Waals surface area contributed by atoms with Crippen LogP contribution < -0.4 is 0 Å². The Morgan fingerprint density at radius 3 is 2.53 bits per heavy atom. The Bertz CT molecular complexity index is 869. The number of carboxylic acid groups (broad SMARTS) is 1. The van der Waals surface area contributed by atoms with Gasteiger partial charge in [0.1, 0.15) is 0 Å². The van der Waals surface area contributed by atoms with E-state index in [9.17, 15) is 18.0 Å². The third-order valence-electron chi connectivity index (χ3n) is 5.30. The van der Waals surface area contributed by atoms with Gasteiger partial charge in [-0.05, 0) is 24.3 Å². The molecule has 2 saturated heterocycles. The predicted octanol–water partition coefficient (Wildman–Crippen LogP) is 2.53. The summed E-state index contributed by atoms with van der Waals surface area (Å²) < 4.78 is 33.6. The Labute approximate surface area is 175 Å². The molecule has 4 heterocycles. The number of carboxylic acids is 1. The summed E-state index contributed by atoms with van der Waals surface area (Å²) in [5.74, 6) is -2.46. The van der Waals surface area contributed by atoms with Crippen molar-refractivity contribution >= 4 is 23.2 Å². The quantitative estimate of drug-likeness (QED) is 0.784. The van der Waals surface area contributed by atoms with Gasteiger partial charge >= 0.3 is 12.1 Å². The molecular weight excluding hydrogens is 421 g/mol. The first-order valence-electron chi connectivity index (χ1n) is 9.48. The van der Waals surface area contributed by atoms with Crippen LogP contribution in [0.3, 0.4) is 0 Å². The zero-order chi connectivity index (χ0) is 21.9. The molecule has 164 valence electrons. The van der Waals surface area contributed by atoms with Crippen molar-refractivity contribution in [2.75, 3.05) is 13.1 Å². The molecule has 11 heteroatoms. The summed E-state index contributed by atoms with van der Waals surface area (Å²) in [6, 6.07) is 4.99. The lowest BCUT2D eigenvalue weighted by Gasteiger charge is -2.25. The van der Waals surface area contributed by atoms with Gasteiger partial charge < -0.3 is 10.0 Å². The molecule has 2 aliphatic rings. The van der Waals surface area contributed by atoms with Crippen LogP contribution in [0.2, 0.25) is 0 Å². The van der Waals surface area contributed by atoms with Gasteiger partial charge in [-0.2, -0.15) is 18.3 Å². The Morgan fingerprint density at radius 2 is 1.97 bits per heavy atom. The minimum absolute atomic E-state index is 0.295. The second kappa shape index (κ2) is 9.17. The van der Waals surface area contributed by atoms with Crippen LogP contribution in [0.15, 0.2) is 29.9 Å². The van der Waals surface area contributed by atoms with E-state index in [2.05, 4.69) is 27.2 Å². The maximum atomic E-state index is 12.6. The normalized spacial score (nSPS) is 21.3. The number of carbonyl (C=O) groups excluding carboxylic acids is 1. The van der Waals surface area contributed by atoms with Gasteiger partial charge in [-0.3, -0.25) is 14.4 Å². The zero-order valence-corrected chi connectivity index (χ0v) is 17.2. The fraction of sp³-hybridized carbons (Fsp3) is 0.526. The first-order chi connectivity index (χ1) is 14.1. The van der Waals surface area contributed by atoms with E-state index >= 15 is 0 Å². The average molecular weight is 444 g/mol. The lowest BCUT2D eigenvalue weighted by atomic mass is 10.1. The highest BCUT2D eigenvalue weighted by molar-refractivity contribution is 7.10. The van der Waals surface area contributed by atoms with E-state index in [-0.39, 0.29) is 0 Å². The monoisotopic (exact) mass is 444 g/mol. The average Bonchev–Trinajstić information content (AvgIpc) is 3.42. The molecule has 2 aliphatic heterocycles. The van der Waals surface area contributed by atoms with E-state index in [0.717, 1.165) is 32.5 Å². The number of aromatic nitrogens is 2. The van der Waals surface area contributed by atoms with Crippen molar-refractivity contribution in [3.8, 4) is 0 Å². The Kier molecular flexibility index (Phi) is 6.81. The fourth-order valence-electron chi connectivity index (χ4n) is 4.03. The molecular formula is C19H23F3N4O3S. The first kappa shape index (κ1) is 22.3. The summed E-state index contributed by atoms with van der Waals surface area (Å²) in [4.78, 5) is 27.4. The Morgan fingerprint density at radius 1 is 1.27 bits per heavy atom. The molecule has 1 N–H and O–H groups in total. The highest BCUT2D eigenvalue weighted by Crippen LogP contribution is 2.33. The van der Waals surface area contributed by atoms with E-state index in [0.29, 0.717) is 24.4 Å². The number of nitrogens with zero attached hydrogens (tertiary/aromatic N) is 4. The lowest BCUT2D eigenvalue weighted by molar-refractivity contribution is -0.192. The molecule has 2 aromatic heterocycles. The largest absolute Gasteiger partial charge is 0.490 e. The van der Waals surface area contributed by atoms with Gasteiger partial charge in [-0.15, -0.1) is 11.3 Å². The molecule has 2 aromatic rings. The standard InChI is InChI=1S/C17H22N4OS.C2HF3O2/c1-19-11-13(10-18-19)12-20-6-4-16-15(20)5-7-21(16)17(22)9-14-3-2-8-23-14;3-2(4,5)1(6)7/h2-3,8,10-11,15-16H,4-7,9,12H2,1H3;(H,6,7)/t15-,16+;/m0./s1. The molecule has 4 rings (SSSR count). The summed E-state index contributed by atoms with van der Waals surface area (Å²) in [6.45, 7) is 2.93. The van der Waals surface area contributed by atoms with Crippen molar-refractivity contribution in [3.63, 3.8) is 0 Å². The first-order valence-corrected chi connectivity index (χ1v) is 10.4. The van der Waals surface area contributed by atoms with Crippen LogP contribution >= 0.6 is 11.3 Å².